The first-order chi connectivity index (χ1) is 13.1. The number of rotatable bonds is 4. The van der Waals surface area contributed by atoms with Gasteiger partial charge in [-0.15, -0.1) is 0 Å². The van der Waals surface area contributed by atoms with Gasteiger partial charge in [-0.3, -0.25) is 0 Å². The van der Waals surface area contributed by atoms with Crippen LogP contribution in [0, 0.1) is 0 Å². The van der Waals surface area contributed by atoms with Crippen LogP contribution in [0.4, 0.5) is 0 Å². The smallest absolute Gasteiger partial charge is 0.0147 e. The van der Waals surface area contributed by atoms with E-state index in [4.69, 9.17) is 0 Å². The fraction of sp³-hybridized carbons (Fsp3) is 0.120. The summed E-state index contributed by atoms with van der Waals surface area (Å²) in [4.78, 5) is 0. The molecule has 0 heterocycles. The Balaban J connectivity index is 0.000000239. The Kier molecular flexibility index (Phi) is 8.67. The van der Waals surface area contributed by atoms with E-state index in [1.54, 1.807) is 5.19 Å². The molecule has 0 saturated carbocycles. The molecule has 0 aromatic heterocycles. The van der Waals surface area contributed by atoms with E-state index in [0.717, 1.165) is 0 Å². The van der Waals surface area contributed by atoms with E-state index in [-0.39, 0.29) is 17.1 Å². The molecule has 0 saturated heterocycles. The molecule has 0 aliphatic carbocycles. The maximum atomic E-state index is 2.36. The van der Waals surface area contributed by atoms with Crippen molar-refractivity contribution in [2.75, 3.05) is 0 Å². The fourth-order valence-corrected chi connectivity index (χ4v) is 6.49. The van der Waals surface area contributed by atoms with Crippen LogP contribution in [0.5, 0.6) is 0 Å². The summed E-state index contributed by atoms with van der Waals surface area (Å²) in [6.45, 7) is 7.09. The molecule has 0 fully saturated rings. The van der Waals surface area contributed by atoms with E-state index in [9.17, 15) is 0 Å². The summed E-state index contributed by atoms with van der Waals surface area (Å²) in [6.07, 6.45) is 0. The van der Waals surface area contributed by atoms with Gasteiger partial charge < -0.3 is 29.6 Å². The first kappa shape index (κ1) is 22.6. The maximum absolute atomic E-state index is 2.36. The van der Waals surface area contributed by atoms with Gasteiger partial charge in [0, 0.05) is 25.1 Å². The zero-order valence-electron chi connectivity index (χ0n) is 16.7. The van der Waals surface area contributed by atoms with E-state index in [0.29, 0.717) is 0 Å². The normalized spacial score (nSPS) is 10.7. The minimum absolute atomic E-state index is 0. The second kappa shape index (κ2) is 10.7. The van der Waals surface area contributed by atoms with E-state index >= 15 is 0 Å². The summed E-state index contributed by atoms with van der Waals surface area (Å²) < 4.78 is 0. The van der Waals surface area contributed by atoms with Crippen LogP contribution < -0.4 is 21.1 Å². The molecule has 3 heteroatoms. The fourth-order valence-electron chi connectivity index (χ4n) is 2.99. The monoisotopic (exact) mass is 442 g/mol. The average Bonchev–Trinajstić information content (AvgIpc) is 3.38. The van der Waals surface area contributed by atoms with Crippen LogP contribution in [0.25, 0.3) is 0 Å². The Morgan fingerprint density at radius 3 is 1.46 bits per heavy atom. The van der Waals surface area contributed by atoms with E-state index in [1.807, 2.05) is 0 Å². The van der Waals surface area contributed by atoms with Crippen molar-refractivity contribution in [3.05, 3.63) is 109 Å². The van der Waals surface area contributed by atoms with Gasteiger partial charge in [0.25, 0.3) is 0 Å². The van der Waals surface area contributed by atoms with Crippen molar-refractivity contribution in [2.24, 2.45) is 0 Å². The molecule has 0 unspecified atom stereocenters. The Hall–Kier alpha value is -1.69. The Morgan fingerprint density at radius 2 is 1.11 bits per heavy atom. The van der Waals surface area contributed by atoms with Crippen LogP contribution in [0.3, 0.4) is 0 Å². The molecule has 0 atom stereocenters. The first-order valence-electron chi connectivity index (χ1n) is 9.40. The molecular weight excluding hydrogens is 415 g/mol. The molecule has 4 aromatic rings. The zero-order chi connectivity index (χ0) is 19.1. The molecule has 0 amide bonds. The molecule has 0 aliphatic rings. The maximum Gasteiger partial charge on any atom is 0.0147 e. The van der Waals surface area contributed by atoms with E-state index in [1.165, 1.54) is 15.9 Å². The van der Waals surface area contributed by atoms with Gasteiger partial charge in [0.1, 0.15) is 0 Å². The van der Waals surface area contributed by atoms with Crippen molar-refractivity contribution in [1.29, 1.82) is 0 Å². The average molecular weight is 442 g/mol. The first-order valence-corrected chi connectivity index (χ1v) is 14.2. The molecule has 4 aromatic carbocycles. The SMILES string of the molecule is C[Si](C)(C)[c-]1cccc1.[Fe].c1ccc(P(c2ccccc2)[c-]2[cH-][cH-][cH-][cH-]2)cc1. The second-order valence-electron chi connectivity index (χ2n) is 7.57. The standard InChI is InChI=1S/C17H14P.C8H13Si.Fe/c1-3-9-15(10-4-1)18(17-13-7-8-14-17)16-11-5-2-6-12-16;1-9(2,3)8-6-4-5-7-8;/h1-14H;4-7H,1-3H3;/q-5;-1;. The minimum Gasteiger partial charge on any atom is -0.747 e. The van der Waals surface area contributed by atoms with Crippen molar-refractivity contribution < 1.29 is 17.1 Å². The van der Waals surface area contributed by atoms with Gasteiger partial charge in [0.15, 0.2) is 0 Å². The third-order valence-electron chi connectivity index (χ3n) is 4.46. The molecule has 0 nitrogen and oxygen atoms in total. The summed E-state index contributed by atoms with van der Waals surface area (Å²) >= 11 is 0. The summed E-state index contributed by atoms with van der Waals surface area (Å²) in [5.41, 5.74) is 0. The molecule has 0 N–H and O–H groups in total. The van der Waals surface area contributed by atoms with Crippen LogP contribution in [0.1, 0.15) is 0 Å². The Bertz CT molecular complexity index is 853. The van der Waals surface area contributed by atoms with Gasteiger partial charge in [0.05, 0.1) is 0 Å². The molecule has 0 bridgehead atoms. The van der Waals surface area contributed by atoms with Crippen LogP contribution in [-0.2, 0) is 17.1 Å². The van der Waals surface area contributed by atoms with Crippen LogP contribution in [-0.4, -0.2) is 8.07 Å². The quantitative estimate of drug-likeness (QED) is 0.234. The van der Waals surface area contributed by atoms with E-state index in [2.05, 4.69) is 129 Å². The predicted octanol–water partition coefficient (Wildman–Crippen LogP) is 5.11. The van der Waals surface area contributed by atoms with Crippen LogP contribution >= 0.6 is 7.92 Å². The summed E-state index contributed by atoms with van der Waals surface area (Å²) in [5.74, 6) is 0. The summed E-state index contributed by atoms with van der Waals surface area (Å²) in [5, 5.41) is 5.79. The minimum atomic E-state index is -0.981. The van der Waals surface area contributed by atoms with Crippen LogP contribution in [0.15, 0.2) is 109 Å². The van der Waals surface area contributed by atoms with Gasteiger partial charge in [0.2, 0.25) is 0 Å². The second-order valence-corrected chi connectivity index (χ2v) is 14.9. The Labute approximate surface area is 182 Å². The molecule has 28 heavy (non-hydrogen) atoms. The predicted molar refractivity (Wildman–Crippen MR) is 126 cm³/mol. The Morgan fingerprint density at radius 1 is 0.679 bits per heavy atom. The molecule has 4 rings (SSSR count). The molecule has 150 valence electrons. The van der Waals surface area contributed by atoms with Gasteiger partial charge >= 0.3 is 0 Å². The largest absolute Gasteiger partial charge is 0.747 e. The van der Waals surface area contributed by atoms with E-state index < -0.39 is 16.0 Å². The van der Waals surface area contributed by atoms with Gasteiger partial charge in [-0.05, 0) is 0 Å². The molecule has 0 radical (unpaired) electrons. The van der Waals surface area contributed by atoms with Gasteiger partial charge in [-0.25, -0.2) is 20.1 Å². The zero-order valence-corrected chi connectivity index (χ0v) is 19.7. The van der Waals surface area contributed by atoms with Gasteiger partial charge in [-0.1, -0.05) is 90.9 Å². The molecule has 0 spiro atoms. The third kappa shape index (κ3) is 6.16. The van der Waals surface area contributed by atoms with Crippen molar-refractivity contribution in [3.8, 4) is 0 Å². The number of benzene rings is 2. The third-order valence-corrected chi connectivity index (χ3v) is 8.97. The molecular formula is C25H27FePSi-6. The number of hydrogen-bond acceptors (Lipinski definition) is 0. The summed E-state index contributed by atoms with van der Waals surface area (Å²) in [6, 6.07) is 38.9. The van der Waals surface area contributed by atoms with Crippen molar-refractivity contribution >= 4 is 37.1 Å². The number of hydrogen-bond donors (Lipinski definition) is 0. The summed E-state index contributed by atoms with van der Waals surface area (Å²) in [7, 11) is -1.39. The van der Waals surface area contributed by atoms with Gasteiger partial charge in [-0.2, -0.15) is 17.3 Å². The van der Waals surface area contributed by atoms with Crippen molar-refractivity contribution in [3.63, 3.8) is 0 Å². The van der Waals surface area contributed by atoms with Crippen molar-refractivity contribution in [1.82, 2.24) is 0 Å². The molecule has 0 aliphatic heterocycles. The topological polar surface area (TPSA) is 0 Å². The van der Waals surface area contributed by atoms with Crippen molar-refractivity contribution in [2.45, 2.75) is 19.6 Å². The van der Waals surface area contributed by atoms with Crippen LogP contribution in [0.2, 0.25) is 19.6 Å².